The molecule has 0 radical (unpaired) electrons. The molecular weight excluding hydrogens is 210 g/mol. The third-order valence-electron chi connectivity index (χ3n) is 2.81. The Balaban J connectivity index is 2.61. The predicted molar refractivity (Wildman–Crippen MR) is 71.8 cm³/mol. The minimum atomic E-state index is 0.377. The normalized spacial score (nSPS) is 13.6. The highest BCUT2D eigenvalue weighted by atomic mass is 14.9. The first kappa shape index (κ1) is 14.1. The molecule has 1 unspecified atom stereocenters. The third-order valence-corrected chi connectivity index (χ3v) is 2.81. The first-order chi connectivity index (χ1) is 8.03. The Hall–Kier alpha value is -0.960. The van der Waals surface area contributed by atoms with Crippen LogP contribution < -0.4 is 5.32 Å². The van der Waals surface area contributed by atoms with E-state index in [9.17, 15) is 0 Å². The third kappa shape index (κ3) is 5.78. The van der Waals surface area contributed by atoms with Gasteiger partial charge in [0, 0.05) is 24.0 Å². The molecule has 0 aliphatic carbocycles. The summed E-state index contributed by atoms with van der Waals surface area (Å²) in [5.74, 6) is 0. The molecule has 0 saturated heterocycles. The van der Waals surface area contributed by atoms with Gasteiger partial charge < -0.3 is 5.32 Å². The zero-order valence-electron chi connectivity index (χ0n) is 11.5. The summed E-state index contributed by atoms with van der Waals surface area (Å²) in [6.45, 7) is 10.1. The molecular formula is C14H25N3. The van der Waals surface area contributed by atoms with Gasteiger partial charge in [-0.25, -0.2) is 9.97 Å². The minimum absolute atomic E-state index is 0.377. The standard InChI is InChI=1S/C14H25N3/c1-5-8-17-13(6-7-14(2,3)4)12-9-15-11-16-10-12/h9-11,13,17H,5-8H2,1-4H3. The quantitative estimate of drug-likeness (QED) is 0.821. The van der Waals surface area contributed by atoms with Crippen molar-refractivity contribution in [2.24, 2.45) is 5.41 Å². The maximum Gasteiger partial charge on any atom is 0.115 e. The summed E-state index contributed by atoms with van der Waals surface area (Å²) in [4.78, 5) is 8.21. The second kappa shape index (κ2) is 6.70. The van der Waals surface area contributed by atoms with Gasteiger partial charge in [-0.3, -0.25) is 0 Å². The lowest BCUT2D eigenvalue weighted by Crippen LogP contribution is -2.24. The molecule has 1 atom stereocenters. The Labute approximate surface area is 105 Å². The van der Waals surface area contributed by atoms with Crippen LogP contribution in [-0.2, 0) is 0 Å². The van der Waals surface area contributed by atoms with Gasteiger partial charge in [-0.15, -0.1) is 0 Å². The van der Waals surface area contributed by atoms with Crippen LogP contribution in [0.1, 0.15) is 58.6 Å². The lowest BCUT2D eigenvalue weighted by molar-refractivity contribution is 0.331. The van der Waals surface area contributed by atoms with Gasteiger partial charge in [-0.2, -0.15) is 0 Å². The highest BCUT2D eigenvalue weighted by molar-refractivity contribution is 5.09. The van der Waals surface area contributed by atoms with Crippen LogP contribution >= 0.6 is 0 Å². The van der Waals surface area contributed by atoms with Gasteiger partial charge in [0.25, 0.3) is 0 Å². The SMILES string of the molecule is CCCNC(CCC(C)(C)C)c1cncnc1. The fourth-order valence-electron chi connectivity index (χ4n) is 1.77. The summed E-state index contributed by atoms with van der Waals surface area (Å²) in [6.07, 6.45) is 8.91. The fourth-order valence-corrected chi connectivity index (χ4v) is 1.77. The number of hydrogen-bond acceptors (Lipinski definition) is 3. The van der Waals surface area contributed by atoms with Gasteiger partial charge >= 0.3 is 0 Å². The predicted octanol–water partition coefficient (Wildman–Crippen LogP) is 3.34. The van der Waals surface area contributed by atoms with Crippen molar-refractivity contribution in [2.75, 3.05) is 6.54 Å². The summed E-state index contributed by atoms with van der Waals surface area (Å²) < 4.78 is 0. The Morgan fingerprint density at radius 1 is 1.24 bits per heavy atom. The van der Waals surface area contributed by atoms with E-state index in [0.29, 0.717) is 11.5 Å². The zero-order chi connectivity index (χ0) is 12.7. The van der Waals surface area contributed by atoms with E-state index >= 15 is 0 Å². The van der Waals surface area contributed by atoms with Crippen LogP contribution in [0.2, 0.25) is 0 Å². The van der Waals surface area contributed by atoms with Gasteiger partial charge in [0.15, 0.2) is 0 Å². The molecule has 0 aromatic carbocycles. The zero-order valence-corrected chi connectivity index (χ0v) is 11.5. The number of hydrogen-bond donors (Lipinski definition) is 1. The molecule has 0 fully saturated rings. The lowest BCUT2D eigenvalue weighted by Gasteiger charge is -2.24. The average molecular weight is 235 g/mol. The van der Waals surface area contributed by atoms with Crippen molar-refractivity contribution in [2.45, 2.75) is 53.0 Å². The molecule has 0 aliphatic heterocycles. The monoisotopic (exact) mass is 235 g/mol. The van der Waals surface area contributed by atoms with Crippen LogP contribution in [-0.4, -0.2) is 16.5 Å². The van der Waals surface area contributed by atoms with Crippen molar-refractivity contribution >= 4 is 0 Å². The Bertz CT molecular complexity index is 303. The molecule has 3 heteroatoms. The van der Waals surface area contributed by atoms with Gasteiger partial charge in [0.2, 0.25) is 0 Å². The van der Waals surface area contributed by atoms with Crippen LogP contribution in [0.5, 0.6) is 0 Å². The molecule has 0 bridgehead atoms. The molecule has 3 nitrogen and oxygen atoms in total. The summed E-state index contributed by atoms with van der Waals surface area (Å²) >= 11 is 0. The van der Waals surface area contributed by atoms with E-state index in [-0.39, 0.29) is 0 Å². The molecule has 1 heterocycles. The van der Waals surface area contributed by atoms with Crippen LogP contribution in [0, 0.1) is 5.41 Å². The van der Waals surface area contributed by atoms with Gasteiger partial charge in [0.1, 0.15) is 6.33 Å². The van der Waals surface area contributed by atoms with Crippen molar-refractivity contribution in [3.05, 3.63) is 24.3 Å². The Kier molecular flexibility index (Phi) is 5.56. The van der Waals surface area contributed by atoms with Gasteiger partial charge in [-0.05, 0) is 31.2 Å². The van der Waals surface area contributed by atoms with Crippen molar-refractivity contribution in [1.82, 2.24) is 15.3 Å². The van der Waals surface area contributed by atoms with E-state index in [1.807, 2.05) is 12.4 Å². The molecule has 96 valence electrons. The topological polar surface area (TPSA) is 37.8 Å². The highest BCUT2D eigenvalue weighted by Gasteiger charge is 2.16. The van der Waals surface area contributed by atoms with Gasteiger partial charge in [-0.1, -0.05) is 27.7 Å². The second-order valence-electron chi connectivity index (χ2n) is 5.78. The smallest absolute Gasteiger partial charge is 0.115 e. The highest BCUT2D eigenvalue weighted by Crippen LogP contribution is 2.26. The molecule has 0 spiro atoms. The van der Waals surface area contributed by atoms with E-state index in [1.165, 1.54) is 12.0 Å². The average Bonchev–Trinajstić information content (AvgIpc) is 2.29. The first-order valence-corrected chi connectivity index (χ1v) is 6.51. The fraction of sp³-hybridized carbons (Fsp3) is 0.714. The Morgan fingerprint density at radius 2 is 1.88 bits per heavy atom. The van der Waals surface area contributed by atoms with Crippen LogP contribution in [0.15, 0.2) is 18.7 Å². The first-order valence-electron chi connectivity index (χ1n) is 6.51. The lowest BCUT2D eigenvalue weighted by atomic mass is 9.87. The minimum Gasteiger partial charge on any atom is -0.310 e. The van der Waals surface area contributed by atoms with Gasteiger partial charge in [0.05, 0.1) is 0 Å². The molecule has 1 rings (SSSR count). The molecule has 0 saturated carbocycles. The molecule has 0 aliphatic rings. The molecule has 1 N–H and O–H groups in total. The van der Waals surface area contributed by atoms with E-state index in [4.69, 9.17) is 0 Å². The summed E-state index contributed by atoms with van der Waals surface area (Å²) in [7, 11) is 0. The van der Waals surface area contributed by atoms with E-state index in [0.717, 1.165) is 19.4 Å². The molecule has 17 heavy (non-hydrogen) atoms. The van der Waals surface area contributed by atoms with Crippen LogP contribution in [0.25, 0.3) is 0 Å². The van der Waals surface area contributed by atoms with Crippen LogP contribution in [0.3, 0.4) is 0 Å². The van der Waals surface area contributed by atoms with Crippen molar-refractivity contribution in [1.29, 1.82) is 0 Å². The summed E-state index contributed by atoms with van der Waals surface area (Å²) in [6, 6.07) is 0.385. The number of rotatable bonds is 6. The van der Waals surface area contributed by atoms with E-state index in [2.05, 4.69) is 43.0 Å². The Morgan fingerprint density at radius 3 is 2.41 bits per heavy atom. The largest absolute Gasteiger partial charge is 0.310 e. The van der Waals surface area contributed by atoms with Crippen LogP contribution in [0.4, 0.5) is 0 Å². The molecule has 1 aromatic rings. The van der Waals surface area contributed by atoms with Crippen molar-refractivity contribution < 1.29 is 0 Å². The van der Waals surface area contributed by atoms with E-state index in [1.54, 1.807) is 6.33 Å². The molecule has 1 aromatic heterocycles. The maximum absolute atomic E-state index is 4.11. The summed E-state index contributed by atoms with van der Waals surface area (Å²) in [5.41, 5.74) is 1.58. The maximum atomic E-state index is 4.11. The number of aromatic nitrogens is 2. The molecule has 0 amide bonds. The van der Waals surface area contributed by atoms with Crippen molar-refractivity contribution in [3.8, 4) is 0 Å². The van der Waals surface area contributed by atoms with Crippen molar-refractivity contribution in [3.63, 3.8) is 0 Å². The second-order valence-corrected chi connectivity index (χ2v) is 5.78. The summed E-state index contributed by atoms with van der Waals surface area (Å²) in [5, 5.41) is 3.58. The number of nitrogens with zero attached hydrogens (tertiary/aromatic N) is 2. The number of nitrogens with one attached hydrogen (secondary N) is 1. The van der Waals surface area contributed by atoms with E-state index < -0.39 is 0 Å².